The molecule has 0 aromatic heterocycles. The molecule has 0 aliphatic heterocycles. The number of hydrogen-bond acceptors (Lipinski definition) is 5. The van der Waals surface area contributed by atoms with Crippen molar-refractivity contribution in [1.82, 2.24) is 0 Å². The molecular weight excluding hydrogens is 294 g/mol. The van der Waals surface area contributed by atoms with Crippen molar-refractivity contribution in [1.29, 1.82) is 0 Å². The first-order valence-corrected chi connectivity index (χ1v) is 7.32. The fraction of sp³-hybridized carbons (Fsp3) is 0.250. The van der Waals surface area contributed by atoms with Crippen LogP contribution in [0.25, 0.3) is 0 Å². The predicted octanol–water partition coefficient (Wildman–Crippen LogP) is 0.0722. The van der Waals surface area contributed by atoms with Crippen LogP contribution in [-0.2, 0) is 0 Å². The van der Waals surface area contributed by atoms with E-state index in [1.807, 2.05) is 19.9 Å². The van der Waals surface area contributed by atoms with E-state index in [9.17, 15) is 20.2 Å². The third-order valence-corrected chi connectivity index (χ3v) is 3.70. The lowest BCUT2D eigenvalue weighted by molar-refractivity contribution is 0.413. The lowest BCUT2D eigenvalue weighted by Gasteiger charge is -2.18. The summed E-state index contributed by atoms with van der Waals surface area (Å²) >= 11 is 0. The van der Waals surface area contributed by atoms with Gasteiger partial charge in [-0.3, -0.25) is 0 Å². The van der Waals surface area contributed by atoms with Gasteiger partial charge in [-0.05, 0) is 38.8 Å². The van der Waals surface area contributed by atoms with Gasteiger partial charge >= 0.3 is 14.2 Å². The fourth-order valence-corrected chi connectivity index (χ4v) is 2.70. The van der Waals surface area contributed by atoms with Gasteiger partial charge < -0.3 is 24.8 Å². The van der Waals surface area contributed by atoms with Crippen LogP contribution in [0.4, 0.5) is 0 Å². The van der Waals surface area contributed by atoms with Crippen LogP contribution in [0.2, 0.25) is 0 Å². The van der Waals surface area contributed by atoms with Gasteiger partial charge in [-0.2, -0.15) is 0 Å². The summed E-state index contributed by atoms with van der Waals surface area (Å²) in [5.41, 5.74) is 3.43. The van der Waals surface area contributed by atoms with Crippen LogP contribution in [0.15, 0.2) is 24.3 Å². The van der Waals surface area contributed by atoms with E-state index < -0.39 is 14.2 Å². The minimum atomic E-state index is -1.72. The van der Waals surface area contributed by atoms with E-state index in [-0.39, 0.29) is 22.4 Å². The number of aryl methyl sites for hydroxylation is 4. The summed E-state index contributed by atoms with van der Waals surface area (Å²) in [6.07, 6.45) is 0. The zero-order valence-corrected chi connectivity index (χ0v) is 13.7. The number of phenols is 1. The van der Waals surface area contributed by atoms with Crippen molar-refractivity contribution in [2.24, 2.45) is 0 Å². The van der Waals surface area contributed by atoms with Gasteiger partial charge in [-0.15, -0.1) is 0 Å². The average molecular weight is 314 g/mol. The molecule has 0 unspecified atom stereocenters. The van der Waals surface area contributed by atoms with Gasteiger partial charge in [0, 0.05) is 10.9 Å². The number of hydrogen-bond donors (Lipinski definition) is 4. The van der Waals surface area contributed by atoms with E-state index in [4.69, 9.17) is 4.65 Å². The Hall–Kier alpha value is -1.95. The number of rotatable bonds is 4. The lowest BCUT2D eigenvalue weighted by atomic mass is 9.74. The van der Waals surface area contributed by atoms with Crippen LogP contribution in [-0.4, -0.2) is 34.4 Å². The molecule has 0 heterocycles. The Morgan fingerprint density at radius 3 is 1.87 bits per heavy atom. The second-order valence-corrected chi connectivity index (χ2v) is 5.86. The SMILES string of the molecule is Cc1cc(C)c(O)c(B(O)Oc2c(C)cc(C)cc2B(O)O)c1. The minimum absolute atomic E-state index is 0.0426. The monoisotopic (exact) mass is 314 g/mol. The first-order valence-electron chi connectivity index (χ1n) is 7.32. The second kappa shape index (κ2) is 6.66. The van der Waals surface area contributed by atoms with Gasteiger partial charge in [-0.25, -0.2) is 0 Å². The average Bonchev–Trinajstić information content (AvgIpc) is 2.44. The maximum Gasteiger partial charge on any atom is 0.563 e. The molecular formula is C16H20B2O5. The third kappa shape index (κ3) is 3.69. The van der Waals surface area contributed by atoms with Gasteiger partial charge in [0.2, 0.25) is 0 Å². The summed E-state index contributed by atoms with van der Waals surface area (Å²) in [5, 5.41) is 39.5. The van der Waals surface area contributed by atoms with Crippen molar-refractivity contribution >= 4 is 25.2 Å². The van der Waals surface area contributed by atoms with Crippen molar-refractivity contribution in [3.8, 4) is 11.5 Å². The molecule has 2 aromatic carbocycles. The van der Waals surface area contributed by atoms with Crippen molar-refractivity contribution in [3.63, 3.8) is 0 Å². The molecule has 0 atom stereocenters. The Morgan fingerprint density at radius 1 is 0.783 bits per heavy atom. The topological polar surface area (TPSA) is 90.2 Å². The van der Waals surface area contributed by atoms with Crippen LogP contribution >= 0.6 is 0 Å². The summed E-state index contributed by atoms with van der Waals surface area (Å²) in [6.45, 7) is 7.17. The molecule has 0 aliphatic carbocycles. The number of phenolic OH excluding ortho intramolecular Hbond substituents is 1. The van der Waals surface area contributed by atoms with Gasteiger partial charge in [0.1, 0.15) is 11.5 Å². The predicted molar refractivity (Wildman–Crippen MR) is 91.6 cm³/mol. The summed E-state index contributed by atoms with van der Waals surface area (Å²) in [5.74, 6) is 0.149. The van der Waals surface area contributed by atoms with Crippen LogP contribution in [0.5, 0.6) is 11.5 Å². The van der Waals surface area contributed by atoms with Crippen LogP contribution < -0.4 is 15.6 Å². The molecule has 4 N–H and O–H groups in total. The first-order chi connectivity index (χ1) is 10.7. The molecule has 0 bridgehead atoms. The third-order valence-electron chi connectivity index (χ3n) is 3.70. The van der Waals surface area contributed by atoms with Gasteiger partial charge in [0.25, 0.3) is 0 Å². The van der Waals surface area contributed by atoms with Crippen molar-refractivity contribution in [2.45, 2.75) is 27.7 Å². The largest absolute Gasteiger partial charge is 0.563 e. The zero-order valence-electron chi connectivity index (χ0n) is 13.7. The Kier molecular flexibility index (Phi) is 5.04. The van der Waals surface area contributed by atoms with Crippen molar-refractivity contribution < 1.29 is 24.8 Å². The molecule has 5 nitrogen and oxygen atoms in total. The molecule has 2 aromatic rings. The second-order valence-electron chi connectivity index (χ2n) is 5.86. The molecule has 0 saturated heterocycles. The highest BCUT2D eigenvalue weighted by Crippen LogP contribution is 2.20. The molecule has 7 heteroatoms. The van der Waals surface area contributed by atoms with Gasteiger partial charge in [-0.1, -0.05) is 35.4 Å². The molecule has 0 aliphatic rings. The summed E-state index contributed by atoms with van der Waals surface area (Å²) < 4.78 is 5.54. The summed E-state index contributed by atoms with van der Waals surface area (Å²) in [7, 11) is -3.14. The molecule has 23 heavy (non-hydrogen) atoms. The van der Waals surface area contributed by atoms with E-state index in [0.29, 0.717) is 11.1 Å². The summed E-state index contributed by atoms with van der Waals surface area (Å²) in [4.78, 5) is 0. The number of benzene rings is 2. The molecule has 0 radical (unpaired) electrons. The van der Waals surface area contributed by atoms with E-state index in [1.54, 1.807) is 32.0 Å². The Balaban J connectivity index is 2.44. The molecule has 0 saturated carbocycles. The van der Waals surface area contributed by atoms with Crippen LogP contribution in [0, 0.1) is 27.7 Å². The normalized spacial score (nSPS) is 10.6. The highest BCUT2D eigenvalue weighted by atomic mass is 16.5. The van der Waals surface area contributed by atoms with E-state index in [1.165, 1.54) is 0 Å². The fourth-order valence-electron chi connectivity index (χ4n) is 2.70. The molecule has 0 amide bonds. The molecule has 2 rings (SSSR count). The smallest absolute Gasteiger partial charge is 0.532 e. The lowest BCUT2D eigenvalue weighted by Crippen LogP contribution is -2.41. The van der Waals surface area contributed by atoms with Crippen molar-refractivity contribution in [2.75, 3.05) is 0 Å². The zero-order chi connectivity index (χ0) is 17.3. The highest BCUT2D eigenvalue weighted by molar-refractivity contribution is 6.63. The van der Waals surface area contributed by atoms with Crippen molar-refractivity contribution in [3.05, 3.63) is 46.5 Å². The van der Waals surface area contributed by atoms with E-state index in [2.05, 4.69) is 0 Å². The Bertz CT molecular complexity index is 731. The highest BCUT2D eigenvalue weighted by Gasteiger charge is 2.28. The standard InChI is InChI=1S/C16H20B2O5/c1-9-5-11(3)15(19)13(7-9)18(22)23-16-12(4)6-10(2)8-14(16)17(20)21/h5-8,19-22H,1-4H3. The molecule has 120 valence electrons. The van der Waals surface area contributed by atoms with Crippen LogP contribution in [0.1, 0.15) is 22.3 Å². The first kappa shape index (κ1) is 17.4. The summed E-state index contributed by atoms with van der Waals surface area (Å²) in [6, 6.07) is 6.83. The Labute approximate surface area is 136 Å². The Morgan fingerprint density at radius 2 is 1.30 bits per heavy atom. The molecule has 0 spiro atoms. The van der Waals surface area contributed by atoms with E-state index in [0.717, 1.165) is 11.1 Å². The van der Waals surface area contributed by atoms with E-state index >= 15 is 0 Å². The maximum atomic E-state index is 10.4. The number of aromatic hydroxyl groups is 1. The quantitative estimate of drug-likeness (QED) is 0.600. The molecule has 0 fully saturated rings. The minimum Gasteiger partial charge on any atom is -0.532 e. The maximum absolute atomic E-state index is 10.4. The van der Waals surface area contributed by atoms with Crippen LogP contribution in [0.3, 0.4) is 0 Å². The van der Waals surface area contributed by atoms with Gasteiger partial charge in [0.05, 0.1) is 0 Å². The van der Waals surface area contributed by atoms with Gasteiger partial charge in [0.15, 0.2) is 0 Å².